The van der Waals surface area contributed by atoms with E-state index in [9.17, 15) is 24.1 Å². The van der Waals surface area contributed by atoms with Crippen LogP contribution in [0.15, 0.2) is 42.5 Å². The summed E-state index contributed by atoms with van der Waals surface area (Å²) in [4.78, 5) is 34.5. The predicted molar refractivity (Wildman–Crippen MR) is 89.8 cm³/mol. The number of amides is 1. The van der Waals surface area contributed by atoms with Gasteiger partial charge in [0.15, 0.2) is 5.78 Å². The molecule has 0 aliphatic rings. The van der Waals surface area contributed by atoms with E-state index in [4.69, 9.17) is 5.73 Å². The van der Waals surface area contributed by atoms with Gasteiger partial charge in [-0.25, -0.2) is 4.39 Å². The number of carbonyl (C=O) groups is 2. The number of Topliss-reactive ketones (excluding diaryl/α,β-unsaturated/α-hetero) is 1. The van der Waals surface area contributed by atoms with Crippen LogP contribution >= 0.6 is 0 Å². The zero-order valence-electron chi connectivity index (χ0n) is 13.4. The third kappa shape index (κ3) is 4.60. The number of hydrogen-bond acceptors (Lipinski definition) is 5. The molecule has 0 heterocycles. The lowest BCUT2D eigenvalue weighted by atomic mass is 10.0. The summed E-state index contributed by atoms with van der Waals surface area (Å²) in [5.74, 6) is -1.32. The molecule has 0 aromatic heterocycles. The maximum absolute atomic E-state index is 12.9. The van der Waals surface area contributed by atoms with E-state index in [-0.39, 0.29) is 29.1 Å². The average Bonchev–Trinajstić information content (AvgIpc) is 2.55. The maximum Gasteiger partial charge on any atom is 0.270 e. The van der Waals surface area contributed by atoms with Gasteiger partial charge in [0, 0.05) is 35.8 Å². The monoisotopic (exact) mass is 345 g/mol. The number of rotatable bonds is 6. The Morgan fingerprint density at radius 2 is 1.88 bits per heavy atom. The first-order valence-electron chi connectivity index (χ1n) is 7.41. The fourth-order valence-electron chi connectivity index (χ4n) is 2.24. The molecule has 0 saturated carbocycles. The Kier molecular flexibility index (Phi) is 5.43. The summed E-state index contributed by atoms with van der Waals surface area (Å²) in [6.07, 6.45) is -0.00773. The molecule has 0 radical (unpaired) electrons. The highest BCUT2D eigenvalue weighted by molar-refractivity contribution is 6.01. The van der Waals surface area contributed by atoms with E-state index in [1.807, 2.05) is 0 Å². The van der Waals surface area contributed by atoms with Gasteiger partial charge in [-0.1, -0.05) is 0 Å². The van der Waals surface area contributed by atoms with Crippen molar-refractivity contribution in [1.29, 1.82) is 0 Å². The van der Waals surface area contributed by atoms with E-state index in [1.165, 1.54) is 36.4 Å². The molecular formula is C17H16FN3O4. The number of anilines is 1. The fraction of sp³-hybridized carbons (Fsp3) is 0.176. The number of nitro benzene ring substituents is 1. The summed E-state index contributed by atoms with van der Waals surface area (Å²) in [6, 6.07) is 8.12. The zero-order valence-corrected chi connectivity index (χ0v) is 13.4. The van der Waals surface area contributed by atoms with E-state index in [0.717, 1.165) is 6.07 Å². The summed E-state index contributed by atoms with van der Waals surface area (Å²) in [5.41, 5.74) is 5.83. The van der Waals surface area contributed by atoms with Gasteiger partial charge in [-0.2, -0.15) is 0 Å². The number of carbonyl (C=O) groups excluding carboxylic acids is 2. The summed E-state index contributed by atoms with van der Waals surface area (Å²) >= 11 is 0. The summed E-state index contributed by atoms with van der Waals surface area (Å²) in [6.45, 7) is 1.62. The molecule has 0 aliphatic carbocycles. The van der Waals surface area contributed by atoms with Crippen molar-refractivity contribution < 1.29 is 18.9 Å². The SMILES string of the molecule is C[C@H](CC(=O)c1ccc(F)cc1)NC(=O)c1cc([N+](=O)[O-])ccc1N. The minimum atomic E-state index is -0.627. The number of non-ortho nitro benzene ring substituents is 1. The van der Waals surface area contributed by atoms with Gasteiger partial charge in [0.25, 0.3) is 11.6 Å². The number of benzene rings is 2. The smallest absolute Gasteiger partial charge is 0.270 e. The second-order valence-corrected chi connectivity index (χ2v) is 5.54. The molecule has 8 heteroatoms. The molecule has 0 aliphatic heterocycles. The van der Waals surface area contributed by atoms with Gasteiger partial charge in [-0.15, -0.1) is 0 Å². The van der Waals surface area contributed by atoms with Crippen molar-refractivity contribution in [2.45, 2.75) is 19.4 Å². The Hall–Kier alpha value is -3.29. The van der Waals surface area contributed by atoms with Crippen molar-refractivity contribution >= 4 is 23.1 Å². The third-order valence-electron chi connectivity index (χ3n) is 3.53. The minimum absolute atomic E-state index is 0.00773. The van der Waals surface area contributed by atoms with Crippen LogP contribution in [0.4, 0.5) is 15.8 Å². The molecule has 130 valence electrons. The van der Waals surface area contributed by atoms with Crippen LogP contribution < -0.4 is 11.1 Å². The number of nitrogens with zero attached hydrogens (tertiary/aromatic N) is 1. The quantitative estimate of drug-likeness (QED) is 0.361. The van der Waals surface area contributed by atoms with E-state index < -0.39 is 22.7 Å². The van der Waals surface area contributed by atoms with E-state index in [1.54, 1.807) is 6.92 Å². The van der Waals surface area contributed by atoms with Crippen LogP contribution in [0.1, 0.15) is 34.1 Å². The van der Waals surface area contributed by atoms with Crippen molar-refractivity contribution in [2.75, 3.05) is 5.73 Å². The van der Waals surface area contributed by atoms with Crippen LogP contribution in [-0.2, 0) is 0 Å². The molecule has 0 unspecified atom stereocenters. The number of nitrogen functional groups attached to an aromatic ring is 1. The van der Waals surface area contributed by atoms with Crippen molar-refractivity contribution in [3.05, 3.63) is 69.5 Å². The van der Waals surface area contributed by atoms with Gasteiger partial charge in [0.2, 0.25) is 0 Å². The van der Waals surface area contributed by atoms with Crippen molar-refractivity contribution in [2.24, 2.45) is 0 Å². The highest BCUT2D eigenvalue weighted by atomic mass is 19.1. The normalized spacial score (nSPS) is 11.6. The number of nitro groups is 1. The van der Waals surface area contributed by atoms with Gasteiger partial charge < -0.3 is 11.1 Å². The number of nitrogens with one attached hydrogen (secondary N) is 1. The molecule has 7 nitrogen and oxygen atoms in total. The number of hydrogen-bond donors (Lipinski definition) is 2. The van der Waals surface area contributed by atoms with Crippen LogP contribution in [0, 0.1) is 15.9 Å². The van der Waals surface area contributed by atoms with Crippen LogP contribution in [0.2, 0.25) is 0 Å². The molecule has 2 rings (SSSR count). The Morgan fingerprint density at radius 1 is 1.24 bits per heavy atom. The van der Waals surface area contributed by atoms with Gasteiger partial charge >= 0.3 is 0 Å². The van der Waals surface area contributed by atoms with Crippen LogP contribution in [0.25, 0.3) is 0 Å². The Morgan fingerprint density at radius 3 is 2.48 bits per heavy atom. The minimum Gasteiger partial charge on any atom is -0.398 e. The van der Waals surface area contributed by atoms with Crippen LogP contribution in [0.5, 0.6) is 0 Å². The van der Waals surface area contributed by atoms with Crippen molar-refractivity contribution in [3.8, 4) is 0 Å². The Labute approximate surface area is 142 Å². The molecule has 2 aromatic rings. The lowest BCUT2D eigenvalue weighted by Gasteiger charge is -2.14. The first-order valence-corrected chi connectivity index (χ1v) is 7.41. The molecule has 0 saturated heterocycles. The first-order chi connectivity index (χ1) is 11.8. The topological polar surface area (TPSA) is 115 Å². The van der Waals surface area contributed by atoms with Crippen LogP contribution in [0.3, 0.4) is 0 Å². The summed E-state index contributed by atoms with van der Waals surface area (Å²) in [7, 11) is 0. The first kappa shape index (κ1) is 18.1. The molecule has 25 heavy (non-hydrogen) atoms. The van der Waals surface area contributed by atoms with Gasteiger partial charge in [-0.05, 0) is 37.3 Å². The zero-order chi connectivity index (χ0) is 18.6. The van der Waals surface area contributed by atoms with Crippen molar-refractivity contribution in [3.63, 3.8) is 0 Å². The fourth-order valence-corrected chi connectivity index (χ4v) is 2.24. The third-order valence-corrected chi connectivity index (χ3v) is 3.53. The number of nitrogens with two attached hydrogens (primary N) is 1. The molecule has 0 spiro atoms. The standard InChI is InChI=1S/C17H16FN3O4/c1-10(8-16(22)11-2-4-12(18)5-3-11)20-17(23)14-9-13(21(24)25)6-7-15(14)19/h2-7,9-10H,8,19H2,1H3,(H,20,23)/t10-/m1/s1. The molecule has 0 bridgehead atoms. The van der Waals surface area contributed by atoms with Gasteiger partial charge in [-0.3, -0.25) is 19.7 Å². The maximum atomic E-state index is 12.9. The lowest BCUT2D eigenvalue weighted by Crippen LogP contribution is -2.34. The Bertz CT molecular complexity index is 821. The van der Waals surface area contributed by atoms with Gasteiger partial charge in [0.1, 0.15) is 5.82 Å². The molecule has 3 N–H and O–H groups in total. The van der Waals surface area contributed by atoms with Crippen molar-refractivity contribution in [1.82, 2.24) is 5.32 Å². The molecule has 0 fully saturated rings. The highest BCUT2D eigenvalue weighted by Gasteiger charge is 2.18. The number of halogens is 1. The van der Waals surface area contributed by atoms with Gasteiger partial charge in [0.05, 0.1) is 10.5 Å². The predicted octanol–water partition coefficient (Wildman–Crippen LogP) is 2.71. The molecule has 1 amide bonds. The highest BCUT2D eigenvalue weighted by Crippen LogP contribution is 2.20. The largest absolute Gasteiger partial charge is 0.398 e. The van der Waals surface area contributed by atoms with E-state index in [2.05, 4.69) is 5.32 Å². The lowest BCUT2D eigenvalue weighted by molar-refractivity contribution is -0.384. The summed E-state index contributed by atoms with van der Waals surface area (Å²) < 4.78 is 12.9. The van der Waals surface area contributed by atoms with E-state index >= 15 is 0 Å². The second-order valence-electron chi connectivity index (χ2n) is 5.54. The average molecular weight is 345 g/mol. The molecular weight excluding hydrogens is 329 g/mol. The molecule has 1 atom stereocenters. The second kappa shape index (κ2) is 7.52. The van der Waals surface area contributed by atoms with Crippen LogP contribution in [-0.4, -0.2) is 22.7 Å². The Balaban J connectivity index is 2.05. The van der Waals surface area contributed by atoms with E-state index in [0.29, 0.717) is 5.56 Å². The summed E-state index contributed by atoms with van der Waals surface area (Å²) in [5, 5.41) is 13.4. The molecule has 2 aromatic carbocycles. The number of ketones is 1.